The van der Waals surface area contributed by atoms with Crippen molar-refractivity contribution in [1.29, 1.82) is 0 Å². The van der Waals surface area contributed by atoms with Gasteiger partial charge in [0.1, 0.15) is 0 Å². The summed E-state index contributed by atoms with van der Waals surface area (Å²) in [5, 5.41) is 1.53. The summed E-state index contributed by atoms with van der Waals surface area (Å²) in [5.41, 5.74) is 1.40. The Labute approximate surface area is 113 Å². The Morgan fingerprint density at radius 3 is 2.17 bits per heavy atom. The SMILES string of the molecule is CCN(CCOC)Cc1ccc([Si](C)(C)C)cc1. The number of nitrogens with zero attached hydrogens (tertiary/aromatic N) is 1. The maximum Gasteiger partial charge on any atom is 0.0775 e. The molecule has 0 spiro atoms. The van der Waals surface area contributed by atoms with E-state index in [1.807, 2.05) is 0 Å². The van der Waals surface area contributed by atoms with E-state index in [-0.39, 0.29) is 0 Å². The van der Waals surface area contributed by atoms with Crippen LogP contribution in [-0.2, 0) is 11.3 Å². The van der Waals surface area contributed by atoms with Gasteiger partial charge in [0.05, 0.1) is 14.7 Å². The lowest BCUT2D eigenvalue weighted by molar-refractivity contribution is 0.147. The number of hydrogen-bond donors (Lipinski definition) is 0. The van der Waals surface area contributed by atoms with Crippen LogP contribution in [0.25, 0.3) is 0 Å². The van der Waals surface area contributed by atoms with Crippen LogP contribution in [0.2, 0.25) is 19.6 Å². The van der Waals surface area contributed by atoms with Crippen molar-refractivity contribution < 1.29 is 4.74 Å². The van der Waals surface area contributed by atoms with Crippen LogP contribution in [0.4, 0.5) is 0 Å². The van der Waals surface area contributed by atoms with E-state index in [1.54, 1.807) is 7.11 Å². The highest BCUT2D eigenvalue weighted by atomic mass is 28.3. The zero-order valence-electron chi connectivity index (χ0n) is 12.5. The lowest BCUT2D eigenvalue weighted by Gasteiger charge is -2.21. The summed E-state index contributed by atoms with van der Waals surface area (Å²) >= 11 is 0. The minimum absolute atomic E-state index is 0.806. The molecule has 1 rings (SSSR count). The first-order chi connectivity index (χ1) is 8.47. The summed E-state index contributed by atoms with van der Waals surface area (Å²) in [6.07, 6.45) is 0. The van der Waals surface area contributed by atoms with Gasteiger partial charge >= 0.3 is 0 Å². The van der Waals surface area contributed by atoms with E-state index < -0.39 is 8.07 Å². The van der Waals surface area contributed by atoms with Crippen molar-refractivity contribution in [2.24, 2.45) is 0 Å². The van der Waals surface area contributed by atoms with Gasteiger partial charge in [0.15, 0.2) is 0 Å². The lowest BCUT2D eigenvalue weighted by Crippen LogP contribution is -2.37. The molecule has 0 amide bonds. The van der Waals surface area contributed by atoms with Gasteiger partial charge in [-0.15, -0.1) is 0 Å². The van der Waals surface area contributed by atoms with Crippen LogP contribution in [0.1, 0.15) is 12.5 Å². The maximum atomic E-state index is 5.14. The van der Waals surface area contributed by atoms with Crippen molar-refractivity contribution >= 4 is 13.3 Å². The summed E-state index contributed by atoms with van der Waals surface area (Å²) < 4.78 is 5.14. The van der Waals surface area contributed by atoms with Crippen LogP contribution < -0.4 is 5.19 Å². The molecule has 18 heavy (non-hydrogen) atoms. The second-order valence-electron chi connectivity index (χ2n) is 5.81. The van der Waals surface area contributed by atoms with Crippen molar-refractivity contribution in [2.75, 3.05) is 26.8 Å². The highest BCUT2D eigenvalue weighted by Crippen LogP contribution is 2.07. The Balaban J connectivity index is 2.62. The van der Waals surface area contributed by atoms with Crippen LogP contribution in [0.5, 0.6) is 0 Å². The summed E-state index contributed by atoms with van der Waals surface area (Å²) in [7, 11) is 0.601. The Kier molecular flexibility index (Phi) is 6.06. The van der Waals surface area contributed by atoms with Crippen molar-refractivity contribution in [1.82, 2.24) is 4.90 Å². The van der Waals surface area contributed by atoms with Gasteiger partial charge in [0, 0.05) is 20.2 Å². The largest absolute Gasteiger partial charge is 0.383 e. The van der Waals surface area contributed by atoms with Crippen molar-refractivity contribution in [3.63, 3.8) is 0 Å². The molecule has 0 heterocycles. The van der Waals surface area contributed by atoms with Gasteiger partial charge in [0.2, 0.25) is 0 Å². The van der Waals surface area contributed by atoms with Crippen LogP contribution >= 0.6 is 0 Å². The average Bonchev–Trinajstić information content (AvgIpc) is 2.34. The number of ether oxygens (including phenoxy) is 1. The van der Waals surface area contributed by atoms with Gasteiger partial charge in [-0.1, -0.05) is 56.0 Å². The molecule has 0 N–H and O–H groups in total. The minimum atomic E-state index is -1.16. The number of rotatable bonds is 7. The van der Waals surface area contributed by atoms with Gasteiger partial charge in [-0.25, -0.2) is 0 Å². The van der Waals surface area contributed by atoms with Crippen LogP contribution in [0.3, 0.4) is 0 Å². The summed E-state index contributed by atoms with van der Waals surface area (Å²) in [6, 6.07) is 9.18. The van der Waals surface area contributed by atoms with E-state index in [4.69, 9.17) is 4.74 Å². The Morgan fingerprint density at radius 1 is 1.11 bits per heavy atom. The molecule has 0 saturated carbocycles. The van der Waals surface area contributed by atoms with Gasteiger partial charge < -0.3 is 4.74 Å². The molecule has 1 aromatic rings. The van der Waals surface area contributed by atoms with Gasteiger partial charge in [0.25, 0.3) is 0 Å². The predicted molar refractivity (Wildman–Crippen MR) is 82.2 cm³/mol. The standard InChI is InChI=1S/C15H27NOSi/c1-6-16(11-12-17-2)13-14-7-9-15(10-8-14)18(3,4)5/h7-10H,6,11-13H2,1-5H3. The molecular formula is C15H27NOSi. The molecule has 102 valence electrons. The molecule has 0 aliphatic heterocycles. The predicted octanol–water partition coefficient (Wildman–Crippen LogP) is 2.70. The number of benzene rings is 1. The van der Waals surface area contributed by atoms with E-state index in [0.717, 1.165) is 26.2 Å². The Hall–Kier alpha value is -0.643. The Morgan fingerprint density at radius 2 is 1.72 bits per heavy atom. The number of likely N-dealkylation sites (N-methyl/N-ethyl adjacent to an activating group) is 1. The summed E-state index contributed by atoms with van der Waals surface area (Å²) in [5.74, 6) is 0. The van der Waals surface area contributed by atoms with E-state index in [1.165, 1.54) is 10.8 Å². The molecule has 0 aromatic heterocycles. The second kappa shape index (κ2) is 7.07. The van der Waals surface area contributed by atoms with Crippen molar-refractivity contribution in [3.05, 3.63) is 29.8 Å². The second-order valence-corrected chi connectivity index (χ2v) is 10.9. The average molecular weight is 265 g/mol. The van der Waals surface area contributed by atoms with E-state index in [2.05, 4.69) is 55.7 Å². The number of hydrogen-bond acceptors (Lipinski definition) is 2. The molecule has 0 unspecified atom stereocenters. The first kappa shape index (κ1) is 15.4. The molecule has 0 aliphatic carbocycles. The minimum Gasteiger partial charge on any atom is -0.383 e. The fraction of sp³-hybridized carbons (Fsp3) is 0.600. The topological polar surface area (TPSA) is 12.5 Å². The summed E-state index contributed by atoms with van der Waals surface area (Å²) in [4.78, 5) is 2.41. The lowest BCUT2D eigenvalue weighted by atomic mass is 10.2. The molecular weight excluding hydrogens is 238 g/mol. The molecule has 0 bridgehead atoms. The Bertz CT molecular complexity index is 343. The summed E-state index contributed by atoms with van der Waals surface area (Å²) in [6.45, 7) is 13.3. The first-order valence-corrected chi connectivity index (χ1v) is 10.3. The fourth-order valence-electron chi connectivity index (χ4n) is 1.94. The smallest absolute Gasteiger partial charge is 0.0775 e. The van der Waals surface area contributed by atoms with E-state index in [0.29, 0.717) is 0 Å². The molecule has 0 radical (unpaired) electrons. The van der Waals surface area contributed by atoms with E-state index in [9.17, 15) is 0 Å². The molecule has 3 heteroatoms. The van der Waals surface area contributed by atoms with Crippen LogP contribution in [0.15, 0.2) is 24.3 Å². The number of methoxy groups -OCH3 is 1. The van der Waals surface area contributed by atoms with Crippen LogP contribution in [0, 0.1) is 0 Å². The van der Waals surface area contributed by atoms with Gasteiger partial charge in [-0.05, 0) is 12.1 Å². The molecule has 0 aliphatic rings. The van der Waals surface area contributed by atoms with Gasteiger partial charge in [-0.2, -0.15) is 0 Å². The molecule has 0 fully saturated rings. The monoisotopic (exact) mass is 265 g/mol. The highest BCUT2D eigenvalue weighted by Gasteiger charge is 2.15. The molecule has 1 aromatic carbocycles. The third-order valence-corrected chi connectivity index (χ3v) is 5.35. The third-order valence-electron chi connectivity index (χ3n) is 3.28. The van der Waals surface area contributed by atoms with Crippen LogP contribution in [-0.4, -0.2) is 39.8 Å². The molecule has 0 saturated heterocycles. The van der Waals surface area contributed by atoms with E-state index >= 15 is 0 Å². The zero-order valence-corrected chi connectivity index (χ0v) is 13.5. The highest BCUT2D eigenvalue weighted by molar-refractivity contribution is 6.88. The first-order valence-electron chi connectivity index (χ1n) is 6.78. The molecule has 0 atom stereocenters. The zero-order chi connectivity index (χ0) is 13.6. The quantitative estimate of drug-likeness (QED) is 0.703. The fourth-order valence-corrected chi connectivity index (χ4v) is 3.10. The molecule has 2 nitrogen and oxygen atoms in total. The van der Waals surface area contributed by atoms with Crippen molar-refractivity contribution in [3.8, 4) is 0 Å². The van der Waals surface area contributed by atoms with Crippen molar-refractivity contribution in [2.45, 2.75) is 33.1 Å². The third kappa shape index (κ3) is 4.92. The van der Waals surface area contributed by atoms with Gasteiger partial charge in [-0.3, -0.25) is 4.90 Å². The normalized spacial score (nSPS) is 12.1. The maximum absolute atomic E-state index is 5.14.